The van der Waals surface area contributed by atoms with Crippen LogP contribution in [0.15, 0.2) is 25.3 Å². The molecule has 33 heavy (non-hydrogen) atoms. The molecule has 4 rings (SSSR count). The average Bonchev–Trinajstić information content (AvgIpc) is 3.37. The molecule has 0 unspecified atom stereocenters. The number of fused-ring (bicyclic) bond motifs is 2. The van der Waals surface area contributed by atoms with E-state index in [1.165, 1.54) is 34.4 Å². The van der Waals surface area contributed by atoms with Crippen molar-refractivity contribution in [2.75, 3.05) is 24.7 Å². The van der Waals surface area contributed by atoms with Gasteiger partial charge in [-0.05, 0) is 0 Å². The fourth-order valence-corrected chi connectivity index (χ4v) is 2.99. The molecule has 0 saturated heterocycles. The van der Waals surface area contributed by atoms with Gasteiger partial charge < -0.3 is 30.1 Å². The molecule has 0 amide bonds. The summed E-state index contributed by atoms with van der Waals surface area (Å²) >= 11 is 0. The van der Waals surface area contributed by atoms with Gasteiger partial charge in [-0.15, -0.1) is 0 Å². The second-order valence-corrected chi connectivity index (χ2v) is 8.09. The lowest BCUT2D eigenvalue weighted by atomic mass is 9.96. The normalized spacial score (nSPS) is 11.7. The summed E-state index contributed by atoms with van der Waals surface area (Å²) in [5, 5.41) is 0. The lowest BCUT2D eigenvalue weighted by Crippen LogP contribution is -2.30. The smallest absolute Gasteiger partial charge is 0.326 e. The van der Waals surface area contributed by atoms with E-state index in [0.717, 1.165) is 0 Å². The number of rotatable bonds is 8. The molecule has 0 bridgehead atoms. The molecule has 0 aliphatic heterocycles. The highest BCUT2D eigenvalue weighted by molar-refractivity contribution is 5.83. The van der Waals surface area contributed by atoms with Gasteiger partial charge >= 0.3 is 11.9 Å². The first-order valence-electron chi connectivity index (χ1n) is 9.87. The van der Waals surface area contributed by atoms with Crippen molar-refractivity contribution in [1.29, 1.82) is 0 Å². The molecular formula is C19H22N10O4. The number of anilines is 2. The molecule has 0 aliphatic rings. The molecule has 0 aromatic carbocycles. The van der Waals surface area contributed by atoms with E-state index < -0.39 is 17.4 Å². The van der Waals surface area contributed by atoms with E-state index in [4.69, 9.17) is 20.9 Å². The zero-order valence-corrected chi connectivity index (χ0v) is 18.0. The highest BCUT2D eigenvalue weighted by atomic mass is 16.5. The Labute approximate surface area is 187 Å². The van der Waals surface area contributed by atoms with E-state index in [-0.39, 0.29) is 37.9 Å². The van der Waals surface area contributed by atoms with Crippen molar-refractivity contribution in [3.8, 4) is 0 Å². The quantitative estimate of drug-likeness (QED) is 0.338. The first-order chi connectivity index (χ1) is 15.7. The minimum atomic E-state index is -0.613. The summed E-state index contributed by atoms with van der Waals surface area (Å²) in [6.07, 6.45) is 5.49. The molecule has 0 radical (unpaired) electrons. The third kappa shape index (κ3) is 4.78. The number of hydrogen-bond donors (Lipinski definition) is 2. The Kier molecular flexibility index (Phi) is 5.72. The van der Waals surface area contributed by atoms with Crippen molar-refractivity contribution in [3.05, 3.63) is 25.3 Å². The number of nitrogens with two attached hydrogens (primary N) is 2. The summed E-state index contributed by atoms with van der Waals surface area (Å²) in [6, 6.07) is 0. The zero-order chi connectivity index (χ0) is 23.6. The monoisotopic (exact) mass is 454 g/mol. The predicted molar refractivity (Wildman–Crippen MR) is 115 cm³/mol. The fraction of sp³-hybridized carbons (Fsp3) is 0.368. The highest BCUT2D eigenvalue weighted by Crippen LogP contribution is 2.18. The molecule has 0 spiro atoms. The number of nitrogen functional groups attached to an aromatic ring is 2. The number of imidazole rings is 2. The Balaban J connectivity index is 1.27. The van der Waals surface area contributed by atoms with Gasteiger partial charge in [-0.25, -0.2) is 29.9 Å². The number of carbonyl (C=O) groups excluding carboxylic acids is 2. The van der Waals surface area contributed by atoms with Crippen LogP contribution in [0.1, 0.15) is 13.8 Å². The van der Waals surface area contributed by atoms with E-state index in [1.807, 2.05) is 13.8 Å². The van der Waals surface area contributed by atoms with Crippen molar-refractivity contribution in [2.45, 2.75) is 26.9 Å². The average molecular weight is 454 g/mol. The van der Waals surface area contributed by atoms with Crippen LogP contribution in [0.25, 0.3) is 22.3 Å². The minimum absolute atomic E-state index is 0.0423. The summed E-state index contributed by atoms with van der Waals surface area (Å²) in [5.74, 6) is -0.523. The van der Waals surface area contributed by atoms with Crippen molar-refractivity contribution >= 4 is 45.9 Å². The Hall–Kier alpha value is -4.36. The SMILES string of the molecule is CC(C)(COC(=O)Cn1cnc2c(N)ncnc21)COC(=O)Cn1cnc2c(N)ncnc21. The summed E-state index contributed by atoms with van der Waals surface area (Å²) in [4.78, 5) is 48.7. The number of ether oxygens (including phenoxy) is 2. The third-order valence-corrected chi connectivity index (χ3v) is 4.71. The number of esters is 2. The molecule has 14 nitrogen and oxygen atoms in total. The molecule has 4 heterocycles. The summed E-state index contributed by atoms with van der Waals surface area (Å²) in [7, 11) is 0. The van der Waals surface area contributed by atoms with Gasteiger partial charge in [0.05, 0.1) is 25.9 Å². The number of hydrogen-bond acceptors (Lipinski definition) is 12. The van der Waals surface area contributed by atoms with E-state index >= 15 is 0 Å². The summed E-state index contributed by atoms with van der Waals surface area (Å²) < 4.78 is 13.8. The molecule has 0 atom stereocenters. The van der Waals surface area contributed by atoms with Crippen molar-refractivity contribution < 1.29 is 19.1 Å². The Bertz CT molecular complexity index is 1230. The number of nitrogens with zero attached hydrogens (tertiary/aromatic N) is 8. The second-order valence-electron chi connectivity index (χ2n) is 8.09. The van der Waals surface area contributed by atoms with Crippen molar-refractivity contribution in [2.24, 2.45) is 5.41 Å². The van der Waals surface area contributed by atoms with Gasteiger partial charge in [0, 0.05) is 5.41 Å². The van der Waals surface area contributed by atoms with Gasteiger partial charge in [-0.2, -0.15) is 0 Å². The topological polar surface area (TPSA) is 192 Å². The van der Waals surface area contributed by atoms with Crippen LogP contribution in [0, 0.1) is 5.41 Å². The van der Waals surface area contributed by atoms with Crippen LogP contribution >= 0.6 is 0 Å². The van der Waals surface area contributed by atoms with Crippen LogP contribution in [0.4, 0.5) is 11.6 Å². The standard InChI is InChI=1S/C19H22N10O4/c1-19(2,5-32-11(30)3-28-9-26-13-15(20)22-7-24-17(13)28)6-33-12(31)4-29-10-27-14-16(21)23-8-25-18(14)29/h7-10H,3-6H2,1-2H3,(H2,20,22,24)(H2,21,23,25). The van der Waals surface area contributed by atoms with Crippen LogP contribution < -0.4 is 11.5 Å². The predicted octanol–water partition coefficient (Wildman–Crippen LogP) is -0.0568. The largest absolute Gasteiger partial charge is 0.464 e. The maximum atomic E-state index is 12.3. The van der Waals surface area contributed by atoms with E-state index in [1.54, 1.807) is 0 Å². The van der Waals surface area contributed by atoms with Gasteiger partial charge in [-0.1, -0.05) is 13.8 Å². The van der Waals surface area contributed by atoms with Crippen molar-refractivity contribution in [3.63, 3.8) is 0 Å². The third-order valence-electron chi connectivity index (χ3n) is 4.71. The van der Waals surface area contributed by atoms with E-state index in [2.05, 4.69) is 29.9 Å². The Morgan fingerprint density at radius 1 is 0.788 bits per heavy atom. The summed E-state index contributed by atoms with van der Waals surface area (Å²) in [6.45, 7) is 3.52. The maximum Gasteiger partial charge on any atom is 0.326 e. The first-order valence-corrected chi connectivity index (χ1v) is 9.87. The van der Waals surface area contributed by atoms with Crippen molar-refractivity contribution in [1.82, 2.24) is 39.0 Å². The van der Waals surface area contributed by atoms with Crippen LogP contribution in [-0.2, 0) is 32.2 Å². The fourth-order valence-electron chi connectivity index (χ4n) is 2.99. The lowest BCUT2D eigenvalue weighted by molar-refractivity contribution is -0.153. The summed E-state index contributed by atoms with van der Waals surface area (Å²) in [5.41, 5.74) is 12.6. The highest BCUT2D eigenvalue weighted by Gasteiger charge is 2.24. The van der Waals surface area contributed by atoms with Gasteiger partial charge in [0.25, 0.3) is 0 Å². The Morgan fingerprint density at radius 3 is 1.64 bits per heavy atom. The number of carbonyl (C=O) groups is 2. The van der Waals surface area contributed by atoms with E-state index in [9.17, 15) is 9.59 Å². The van der Waals surface area contributed by atoms with Gasteiger partial charge in [0.1, 0.15) is 36.8 Å². The minimum Gasteiger partial charge on any atom is -0.464 e. The molecule has 4 aromatic heterocycles. The van der Waals surface area contributed by atoms with Gasteiger partial charge in [-0.3, -0.25) is 9.59 Å². The van der Waals surface area contributed by atoms with Crippen LogP contribution in [0.2, 0.25) is 0 Å². The molecule has 4 N–H and O–H groups in total. The van der Waals surface area contributed by atoms with Gasteiger partial charge in [0.2, 0.25) is 0 Å². The molecule has 0 aliphatic carbocycles. The van der Waals surface area contributed by atoms with Crippen LogP contribution in [0.5, 0.6) is 0 Å². The van der Waals surface area contributed by atoms with Gasteiger partial charge in [0.15, 0.2) is 22.9 Å². The lowest BCUT2D eigenvalue weighted by Gasteiger charge is -2.23. The Morgan fingerprint density at radius 2 is 1.21 bits per heavy atom. The molecule has 0 fully saturated rings. The molecule has 172 valence electrons. The maximum absolute atomic E-state index is 12.3. The molecular weight excluding hydrogens is 432 g/mol. The first kappa shape index (κ1) is 21.9. The molecule has 4 aromatic rings. The second kappa shape index (κ2) is 8.64. The number of aromatic nitrogens is 8. The van der Waals surface area contributed by atoms with E-state index in [0.29, 0.717) is 22.3 Å². The van der Waals surface area contributed by atoms with Crippen LogP contribution in [-0.4, -0.2) is 64.2 Å². The molecule has 14 heteroatoms. The zero-order valence-electron chi connectivity index (χ0n) is 18.0. The molecule has 0 saturated carbocycles. The van der Waals surface area contributed by atoms with Crippen LogP contribution in [0.3, 0.4) is 0 Å².